The fourth-order valence-electron chi connectivity index (χ4n) is 0.901. The number of phenols is 1. The van der Waals surface area contributed by atoms with Crippen molar-refractivity contribution >= 4 is 5.97 Å². The predicted octanol–water partition coefficient (Wildman–Crippen LogP) is 2.67. The first-order valence-electron chi connectivity index (χ1n) is 5.14. The Morgan fingerprint density at radius 1 is 1.38 bits per heavy atom. The first-order valence-corrected chi connectivity index (χ1v) is 5.14. The maximum atomic E-state index is 11.5. The first-order chi connectivity index (χ1) is 7.46. The van der Waals surface area contributed by atoms with Crippen LogP contribution in [0.3, 0.4) is 0 Å². The highest BCUT2D eigenvalue weighted by molar-refractivity contribution is 5.91. The number of aromatic hydroxyl groups is 1. The summed E-state index contributed by atoms with van der Waals surface area (Å²) in [6.45, 7) is 5.55. The number of phenolic OH excluding ortho intramolecular Hbond substituents is 1. The molecule has 4 nitrogen and oxygen atoms in total. The van der Waals surface area contributed by atoms with Gasteiger partial charge >= 0.3 is 5.97 Å². The zero-order valence-electron chi connectivity index (χ0n) is 9.69. The summed E-state index contributed by atoms with van der Waals surface area (Å²) < 4.78 is 0. The predicted molar refractivity (Wildman–Crippen MR) is 59.0 cm³/mol. The van der Waals surface area contributed by atoms with Crippen LogP contribution >= 0.6 is 0 Å². The fraction of sp³-hybridized carbons (Fsp3) is 0.417. The smallest absolute Gasteiger partial charge is 0.376 e. The van der Waals surface area contributed by atoms with Gasteiger partial charge in [-0.2, -0.15) is 4.89 Å². The summed E-state index contributed by atoms with van der Waals surface area (Å²) in [5.41, 5.74) is -0.436. The minimum atomic E-state index is -0.695. The summed E-state index contributed by atoms with van der Waals surface area (Å²) in [7, 11) is 0. The Bertz CT molecular complexity index is 371. The third-order valence-electron chi connectivity index (χ3n) is 2.32. The van der Waals surface area contributed by atoms with Gasteiger partial charge in [0.25, 0.3) is 0 Å². The van der Waals surface area contributed by atoms with Crippen LogP contribution in [0.15, 0.2) is 24.3 Å². The maximum Gasteiger partial charge on any atom is 0.376 e. The summed E-state index contributed by atoms with van der Waals surface area (Å²) >= 11 is 0. The Morgan fingerprint density at radius 3 is 2.56 bits per heavy atom. The lowest BCUT2D eigenvalue weighted by Gasteiger charge is -2.20. The van der Waals surface area contributed by atoms with Gasteiger partial charge in [0.05, 0.1) is 0 Å². The van der Waals surface area contributed by atoms with E-state index >= 15 is 0 Å². The van der Waals surface area contributed by atoms with Crippen LogP contribution in [0, 0.1) is 0 Å². The number of rotatable bonds is 4. The highest BCUT2D eigenvalue weighted by Crippen LogP contribution is 2.19. The van der Waals surface area contributed by atoms with Crippen molar-refractivity contribution in [3.8, 4) is 5.75 Å². The van der Waals surface area contributed by atoms with Gasteiger partial charge < -0.3 is 5.11 Å². The maximum absolute atomic E-state index is 11.5. The Balaban J connectivity index is 2.64. The Kier molecular flexibility index (Phi) is 3.90. The quantitative estimate of drug-likeness (QED) is 0.631. The molecule has 4 heteroatoms. The Morgan fingerprint density at radius 2 is 2.00 bits per heavy atom. The van der Waals surface area contributed by atoms with Gasteiger partial charge in [-0.15, -0.1) is 0 Å². The van der Waals surface area contributed by atoms with Gasteiger partial charge in [-0.25, -0.2) is 4.79 Å². The lowest BCUT2D eigenvalue weighted by molar-refractivity contribution is -0.307. The molecule has 88 valence electrons. The molecule has 0 saturated heterocycles. The van der Waals surface area contributed by atoms with Crippen LogP contribution in [0.4, 0.5) is 0 Å². The van der Waals surface area contributed by atoms with Gasteiger partial charge in [0.15, 0.2) is 0 Å². The summed E-state index contributed by atoms with van der Waals surface area (Å²) in [5.74, 6) is -0.815. The van der Waals surface area contributed by atoms with E-state index in [1.165, 1.54) is 12.1 Å². The van der Waals surface area contributed by atoms with Crippen molar-refractivity contribution in [2.45, 2.75) is 32.8 Å². The Hall–Kier alpha value is -1.55. The first kappa shape index (κ1) is 12.5. The van der Waals surface area contributed by atoms with E-state index in [-0.39, 0.29) is 11.3 Å². The summed E-state index contributed by atoms with van der Waals surface area (Å²) in [6, 6.07) is 6.16. The highest BCUT2D eigenvalue weighted by atomic mass is 17.2. The largest absolute Gasteiger partial charge is 0.507 e. The fourth-order valence-corrected chi connectivity index (χ4v) is 0.901. The summed E-state index contributed by atoms with van der Waals surface area (Å²) in [4.78, 5) is 21.2. The molecule has 1 aromatic rings. The zero-order chi connectivity index (χ0) is 12.2. The van der Waals surface area contributed by atoms with Gasteiger partial charge in [-0.3, -0.25) is 4.89 Å². The average Bonchev–Trinajstić information content (AvgIpc) is 2.27. The molecule has 1 aromatic carbocycles. The molecule has 0 bridgehead atoms. The lowest BCUT2D eigenvalue weighted by Crippen LogP contribution is -2.25. The van der Waals surface area contributed by atoms with E-state index in [4.69, 9.17) is 4.89 Å². The van der Waals surface area contributed by atoms with Gasteiger partial charge in [0.1, 0.15) is 16.9 Å². The molecule has 0 saturated carbocycles. The van der Waals surface area contributed by atoms with Gasteiger partial charge in [0.2, 0.25) is 0 Å². The van der Waals surface area contributed by atoms with Crippen molar-refractivity contribution in [2.75, 3.05) is 0 Å². The minimum absolute atomic E-state index is 0.0920. The van der Waals surface area contributed by atoms with E-state index in [9.17, 15) is 9.90 Å². The van der Waals surface area contributed by atoms with Crippen molar-refractivity contribution in [3.63, 3.8) is 0 Å². The number of benzene rings is 1. The summed E-state index contributed by atoms with van der Waals surface area (Å²) in [6.07, 6.45) is 0.709. The van der Waals surface area contributed by atoms with E-state index in [1.54, 1.807) is 12.1 Å². The van der Waals surface area contributed by atoms with Crippen LogP contribution in [0.5, 0.6) is 5.75 Å². The third kappa shape index (κ3) is 3.24. The molecule has 1 rings (SSSR count). The molecule has 0 spiro atoms. The molecule has 0 unspecified atom stereocenters. The van der Waals surface area contributed by atoms with Crippen molar-refractivity contribution in [1.82, 2.24) is 0 Å². The number of para-hydroxylation sites is 1. The molecule has 0 aliphatic carbocycles. The average molecular weight is 224 g/mol. The molecule has 0 aliphatic heterocycles. The van der Waals surface area contributed by atoms with Crippen LogP contribution < -0.4 is 0 Å². The number of hydrogen-bond donors (Lipinski definition) is 1. The van der Waals surface area contributed by atoms with Gasteiger partial charge in [-0.05, 0) is 32.4 Å². The van der Waals surface area contributed by atoms with Crippen LogP contribution in [-0.4, -0.2) is 16.7 Å². The normalized spacial score (nSPS) is 11.2. The molecular formula is C12H16O4. The zero-order valence-corrected chi connectivity index (χ0v) is 9.69. The molecule has 0 aliphatic rings. The van der Waals surface area contributed by atoms with E-state index in [0.717, 1.165) is 0 Å². The second-order valence-electron chi connectivity index (χ2n) is 4.08. The van der Waals surface area contributed by atoms with E-state index < -0.39 is 11.6 Å². The van der Waals surface area contributed by atoms with E-state index in [2.05, 4.69) is 4.89 Å². The van der Waals surface area contributed by atoms with Crippen molar-refractivity contribution < 1.29 is 19.7 Å². The summed E-state index contributed by atoms with van der Waals surface area (Å²) in [5, 5.41) is 9.41. The Labute approximate surface area is 94.7 Å². The standard InChI is InChI=1S/C12H16O4/c1-4-12(2,3)16-15-11(14)9-7-5-6-8-10(9)13/h5-8,13H,4H2,1-3H3. The highest BCUT2D eigenvalue weighted by Gasteiger charge is 2.21. The molecule has 0 aromatic heterocycles. The molecule has 0 atom stereocenters. The van der Waals surface area contributed by atoms with E-state index in [0.29, 0.717) is 6.42 Å². The molecule has 0 amide bonds. The minimum Gasteiger partial charge on any atom is -0.507 e. The van der Waals surface area contributed by atoms with Crippen molar-refractivity contribution in [2.24, 2.45) is 0 Å². The third-order valence-corrected chi connectivity index (χ3v) is 2.32. The number of carbonyl (C=O) groups excluding carboxylic acids is 1. The number of carbonyl (C=O) groups is 1. The van der Waals surface area contributed by atoms with Crippen LogP contribution in [-0.2, 0) is 9.78 Å². The molecule has 1 N–H and O–H groups in total. The SMILES string of the molecule is CCC(C)(C)OOC(=O)c1ccccc1O. The molecule has 16 heavy (non-hydrogen) atoms. The second-order valence-corrected chi connectivity index (χ2v) is 4.08. The van der Waals surface area contributed by atoms with Crippen LogP contribution in [0.25, 0.3) is 0 Å². The molecule has 0 radical (unpaired) electrons. The molecular weight excluding hydrogens is 208 g/mol. The van der Waals surface area contributed by atoms with Gasteiger partial charge in [-0.1, -0.05) is 19.1 Å². The lowest BCUT2D eigenvalue weighted by atomic mass is 10.1. The second kappa shape index (κ2) is 4.99. The monoisotopic (exact) mass is 224 g/mol. The molecule has 0 fully saturated rings. The van der Waals surface area contributed by atoms with Gasteiger partial charge in [0, 0.05) is 0 Å². The molecule has 0 heterocycles. The van der Waals surface area contributed by atoms with Crippen molar-refractivity contribution in [1.29, 1.82) is 0 Å². The van der Waals surface area contributed by atoms with Crippen LogP contribution in [0.1, 0.15) is 37.6 Å². The topological polar surface area (TPSA) is 55.8 Å². The van der Waals surface area contributed by atoms with E-state index in [1.807, 2.05) is 20.8 Å². The number of hydrogen-bond acceptors (Lipinski definition) is 4. The van der Waals surface area contributed by atoms with Crippen molar-refractivity contribution in [3.05, 3.63) is 29.8 Å². The van der Waals surface area contributed by atoms with Crippen LogP contribution in [0.2, 0.25) is 0 Å².